The summed E-state index contributed by atoms with van der Waals surface area (Å²) in [5.41, 5.74) is 2.71. The van der Waals surface area contributed by atoms with Crippen LogP contribution in [0.3, 0.4) is 0 Å². The van der Waals surface area contributed by atoms with E-state index in [0.717, 1.165) is 36.9 Å². The van der Waals surface area contributed by atoms with Gasteiger partial charge >= 0.3 is 6.61 Å². The van der Waals surface area contributed by atoms with Crippen LogP contribution in [0.4, 0.5) is 14.5 Å². The number of halogens is 3. The molecule has 0 N–H and O–H groups in total. The summed E-state index contributed by atoms with van der Waals surface area (Å²) in [6, 6.07) is 12.3. The normalized spacial score (nSPS) is 15.0. The van der Waals surface area contributed by atoms with E-state index in [0.29, 0.717) is 18.0 Å². The maximum absolute atomic E-state index is 12.6. The summed E-state index contributed by atoms with van der Waals surface area (Å²) < 4.78 is 35.2. The van der Waals surface area contributed by atoms with Crippen LogP contribution < -0.4 is 9.64 Å². The van der Waals surface area contributed by atoms with E-state index in [-0.39, 0.29) is 11.6 Å². The van der Waals surface area contributed by atoms with Gasteiger partial charge in [0.05, 0.1) is 12.1 Å². The lowest BCUT2D eigenvalue weighted by molar-refractivity contribution is -0.0494. The van der Waals surface area contributed by atoms with E-state index in [9.17, 15) is 8.78 Å². The molecule has 1 aromatic heterocycles. The standard InChI is InChI=1S/C21H21ClF2N4O2/c1-14-6-7-15(22)12-17(14)28-10-8-27(9-11-28)13-19-25-20(26-30-19)16-4-2-3-5-18(16)29-21(23)24/h2-7,12,21H,8-11,13H2,1H3. The van der Waals surface area contributed by atoms with Crippen molar-refractivity contribution in [3.8, 4) is 17.1 Å². The number of aryl methyl sites for hydroxylation is 1. The Morgan fingerprint density at radius 2 is 1.90 bits per heavy atom. The number of ether oxygens (including phenoxy) is 1. The third kappa shape index (κ3) is 4.71. The van der Waals surface area contributed by atoms with E-state index in [1.807, 2.05) is 18.2 Å². The number of rotatable bonds is 6. The molecule has 1 fully saturated rings. The van der Waals surface area contributed by atoms with Crippen molar-refractivity contribution in [2.24, 2.45) is 0 Å². The number of aromatic nitrogens is 2. The van der Waals surface area contributed by atoms with Gasteiger partial charge in [0.2, 0.25) is 11.7 Å². The monoisotopic (exact) mass is 434 g/mol. The number of hydrogen-bond donors (Lipinski definition) is 0. The Morgan fingerprint density at radius 1 is 1.13 bits per heavy atom. The van der Waals surface area contributed by atoms with Crippen LogP contribution >= 0.6 is 11.6 Å². The van der Waals surface area contributed by atoms with Gasteiger partial charge in [0.1, 0.15) is 5.75 Å². The first-order valence-electron chi connectivity index (χ1n) is 9.60. The second-order valence-electron chi connectivity index (χ2n) is 7.08. The molecule has 2 aromatic carbocycles. The number of anilines is 1. The highest BCUT2D eigenvalue weighted by Crippen LogP contribution is 2.29. The maximum Gasteiger partial charge on any atom is 0.387 e. The average molecular weight is 435 g/mol. The van der Waals surface area contributed by atoms with Crippen molar-refractivity contribution >= 4 is 17.3 Å². The molecule has 1 saturated heterocycles. The highest BCUT2D eigenvalue weighted by atomic mass is 35.5. The molecule has 30 heavy (non-hydrogen) atoms. The Labute approximate surface area is 178 Å². The molecule has 1 aliphatic rings. The van der Waals surface area contributed by atoms with Gasteiger partial charge in [-0.25, -0.2) is 0 Å². The van der Waals surface area contributed by atoms with Gasteiger partial charge < -0.3 is 14.2 Å². The lowest BCUT2D eigenvalue weighted by Crippen LogP contribution is -2.46. The molecule has 3 aromatic rings. The van der Waals surface area contributed by atoms with E-state index in [4.69, 9.17) is 16.1 Å². The highest BCUT2D eigenvalue weighted by molar-refractivity contribution is 6.30. The van der Waals surface area contributed by atoms with Gasteiger partial charge in [0.25, 0.3) is 0 Å². The quantitative estimate of drug-likeness (QED) is 0.564. The predicted molar refractivity (Wildman–Crippen MR) is 110 cm³/mol. The Morgan fingerprint density at radius 3 is 2.67 bits per heavy atom. The fraction of sp³-hybridized carbons (Fsp3) is 0.333. The molecular formula is C21H21ClF2N4O2. The van der Waals surface area contributed by atoms with E-state index >= 15 is 0 Å². The number of alkyl halides is 2. The summed E-state index contributed by atoms with van der Waals surface area (Å²) in [6.45, 7) is 3.02. The second-order valence-corrected chi connectivity index (χ2v) is 7.52. The third-order valence-corrected chi connectivity index (χ3v) is 5.29. The fourth-order valence-electron chi connectivity index (χ4n) is 3.54. The molecule has 158 valence electrons. The van der Waals surface area contributed by atoms with Crippen LogP contribution in [0, 0.1) is 6.92 Å². The summed E-state index contributed by atoms with van der Waals surface area (Å²) in [5.74, 6) is 0.684. The summed E-state index contributed by atoms with van der Waals surface area (Å²) in [4.78, 5) is 8.90. The average Bonchev–Trinajstić information content (AvgIpc) is 3.19. The zero-order valence-corrected chi connectivity index (χ0v) is 17.1. The number of nitrogens with zero attached hydrogens (tertiary/aromatic N) is 4. The number of benzene rings is 2. The molecule has 0 spiro atoms. The van der Waals surface area contributed by atoms with Crippen molar-refractivity contribution < 1.29 is 18.0 Å². The van der Waals surface area contributed by atoms with Crippen molar-refractivity contribution in [2.75, 3.05) is 31.1 Å². The fourth-order valence-corrected chi connectivity index (χ4v) is 3.71. The Kier molecular flexibility index (Phi) is 6.15. The first kappa shape index (κ1) is 20.6. The Bertz CT molecular complexity index is 1010. The lowest BCUT2D eigenvalue weighted by Gasteiger charge is -2.36. The van der Waals surface area contributed by atoms with Crippen LogP contribution in [-0.4, -0.2) is 47.8 Å². The van der Waals surface area contributed by atoms with Crippen LogP contribution in [-0.2, 0) is 6.54 Å². The zero-order chi connectivity index (χ0) is 21.1. The molecule has 2 heterocycles. The second kappa shape index (κ2) is 8.97. The van der Waals surface area contributed by atoms with E-state index in [1.54, 1.807) is 18.2 Å². The van der Waals surface area contributed by atoms with Gasteiger partial charge in [-0.1, -0.05) is 35.0 Å². The van der Waals surface area contributed by atoms with Crippen molar-refractivity contribution in [1.82, 2.24) is 15.0 Å². The molecule has 0 atom stereocenters. The van der Waals surface area contributed by atoms with Gasteiger partial charge in [-0.05, 0) is 36.8 Å². The number of hydrogen-bond acceptors (Lipinski definition) is 6. The molecule has 0 unspecified atom stereocenters. The van der Waals surface area contributed by atoms with Crippen LogP contribution in [0.2, 0.25) is 5.02 Å². The molecule has 0 radical (unpaired) electrons. The minimum atomic E-state index is -2.92. The zero-order valence-electron chi connectivity index (χ0n) is 16.4. The molecule has 0 bridgehead atoms. The Balaban J connectivity index is 1.39. The van der Waals surface area contributed by atoms with Crippen LogP contribution in [0.1, 0.15) is 11.5 Å². The molecule has 9 heteroatoms. The molecular weight excluding hydrogens is 414 g/mol. The van der Waals surface area contributed by atoms with Crippen molar-refractivity contribution in [3.05, 3.63) is 58.9 Å². The summed E-state index contributed by atoms with van der Waals surface area (Å²) in [7, 11) is 0. The first-order valence-corrected chi connectivity index (χ1v) is 9.97. The lowest BCUT2D eigenvalue weighted by atomic mass is 10.1. The Hall–Kier alpha value is -2.71. The van der Waals surface area contributed by atoms with Crippen LogP contribution in [0.25, 0.3) is 11.4 Å². The topological polar surface area (TPSA) is 54.6 Å². The smallest absolute Gasteiger partial charge is 0.387 e. The maximum atomic E-state index is 12.6. The van der Waals surface area contributed by atoms with Crippen molar-refractivity contribution in [1.29, 1.82) is 0 Å². The minimum Gasteiger partial charge on any atom is -0.434 e. The van der Waals surface area contributed by atoms with Crippen molar-refractivity contribution in [2.45, 2.75) is 20.1 Å². The van der Waals surface area contributed by atoms with Gasteiger partial charge in [-0.2, -0.15) is 13.8 Å². The van der Waals surface area contributed by atoms with Crippen LogP contribution in [0.15, 0.2) is 47.0 Å². The molecule has 0 amide bonds. The summed E-state index contributed by atoms with van der Waals surface area (Å²) in [6.07, 6.45) is 0. The molecule has 0 saturated carbocycles. The van der Waals surface area contributed by atoms with Crippen molar-refractivity contribution in [3.63, 3.8) is 0 Å². The van der Waals surface area contributed by atoms with Gasteiger partial charge in [0.15, 0.2) is 0 Å². The van der Waals surface area contributed by atoms with Crippen LogP contribution in [0.5, 0.6) is 5.75 Å². The number of piperazine rings is 1. The first-order chi connectivity index (χ1) is 14.5. The highest BCUT2D eigenvalue weighted by Gasteiger charge is 2.22. The van der Waals surface area contributed by atoms with Gasteiger partial charge in [-0.15, -0.1) is 0 Å². The van der Waals surface area contributed by atoms with Gasteiger partial charge in [0, 0.05) is 36.9 Å². The summed E-state index contributed by atoms with van der Waals surface area (Å²) in [5, 5.41) is 4.67. The molecule has 4 rings (SSSR count). The molecule has 1 aliphatic heterocycles. The SMILES string of the molecule is Cc1ccc(Cl)cc1N1CCN(Cc2nc(-c3ccccc3OC(F)F)no2)CC1. The minimum absolute atomic E-state index is 0.0188. The van der Waals surface area contributed by atoms with E-state index in [2.05, 4.69) is 31.6 Å². The molecule has 6 nitrogen and oxygen atoms in total. The van der Waals surface area contributed by atoms with E-state index < -0.39 is 6.61 Å². The predicted octanol–water partition coefficient (Wildman–Crippen LogP) is 4.62. The number of para-hydroxylation sites is 1. The molecule has 0 aliphatic carbocycles. The largest absolute Gasteiger partial charge is 0.434 e. The van der Waals surface area contributed by atoms with Gasteiger partial charge in [-0.3, -0.25) is 4.90 Å². The van der Waals surface area contributed by atoms with E-state index in [1.165, 1.54) is 11.6 Å². The summed E-state index contributed by atoms with van der Waals surface area (Å²) >= 11 is 6.15. The third-order valence-electron chi connectivity index (χ3n) is 5.06.